The molecule has 5 heterocycles. The second-order valence-corrected chi connectivity index (χ2v) is 46.4. The number of halogens is 1. The Labute approximate surface area is 528 Å². The Hall–Kier alpha value is -1.10. The first kappa shape index (κ1) is 72.0. The summed E-state index contributed by atoms with van der Waals surface area (Å²) in [5.74, 6) is 1.36. The van der Waals surface area contributed by atoms with Crippen LogP contribution in [0.5, 0.6) is 0 Å². The molecule has 0 bridgehead atoms. The lowest BCUT2D eigenvalue weighted by molar-refractivity contribution is -0.266. The number of Topliss-reactive ketones (excluding diaryl/α,β-unsaturated/α-hetero) is 1. The summed E-state index contributed by atoms with van der Waals surface area (Å²) in [4.78, 5) is 28.7. The van der Waals surface area contributed by atoms with E-state index in [9.17, 15) is 9.59 Å². The van der Waals surface area contributed by atoms with E-state index in [2.05, 4.69) is 184 Å². The van der Waals surface area contributed by atoms with Crippen molar-refractivity contribution in [3.63, 3.8) is 0 Å². The number of alkyl halides is 1. The molecule has 5 aliphatic rings. The van der Waals surface area contributed by atoms with E-state index in [1.54, 1.807) is 0 Å². The monoisotopic (exact) mass is 1330 g/mol. The molecule has 0 N–H and O–H groups in total. The lowest BCUT2D eigenvalue weighted by Crippen LogP contribution is -2.69. The fourth-order valence-corrected chi connectivity index (χ4v) is 17.4. The Kier molecular flexibility index (Phi) is 25.2. The van der Waals surface area contributed by atoms with Crippen LogP contribution in [-0.2, 0) is 46.5 Å². The van der Waals surface area contributed by atoms with E-state index in [1.165, 1.54) is 5.57 Å². The number of rotatable bonds is 27. The molecule has 1 aromatic rings. The molecule has 6 rings (SSSR count). The molecule has 84 heavy (non-hydrogen) atoms. The molecule has 5 aliphatic heterocycles. The summed E-state index contributed by atoms with van der Waals surface area (Å²) < 4.78 is 66.5. The third-order valence-electron chi connectivity index (χ3n) is 21.6. The molecule has 5 fully saturated rings. The van der Waals surface area contributed by atoms with Crippen molar-refractivity contribution in [1.82, 2.24) is 0 Å². The summed E-state index contributed by atoms with van der Waals surface area (Å²) >= 11 is 2.50. The number of benzene rings is 1. The zero-order chi connectivity index (χ0) is 62.5. The summed E-state index contributed by atoms with van der Waals surface area (Å²) in [6.07, 6.45) is 11.9. The van der Waals surface area contributed by atoms with Crippen LogP contribution in [0.2, 0.25) is 54.4 Å². The van der Waals surface area contributed by atoms with Crippen LogP contribution in [0.25, 0.3) is 0 Å². The van der Waals surface area contributed by atoms with Gasteiger partial charge in [0.15, 0.2) is 25.0 Å². The zero-order valence-electron chi connectivity index (χ0n) is 56.5. The Morgan fingerprint density at radius 2 is 1.37 bits per heavy atom. The lowest BCUT2D eigenvalue weighted by atomic mass is 9.80. The molecule has 0 spiro atoms. The van der Waals surface area contributed by atoms with Crippen molar-refractivity contribution < 1.29 is 51.3 Å². The maximum atomic E-state index is 14.5. The number of ether oxygens (including phenoxy) is 6. The van der Waals surface area contributed by atoms with Crippen LogP contribution in [0.15, 0.2) is 54.6 Å². The van der Waals surface area contributed by atoms with E-state index in [-0.39, 0.29) is 81.1 Å². The van der Waals surface area contributed by atoms with Gasteiger partial charge in [0.05, 0.1) is 54.4 Å². The van der Waals surface area contributed by atoms with Gasteiger partial charge in [0, 0.05) is 23.7 Å². The molecule has 0 saturated carbocycles. The molecule has 3 unspecified atom stereocenters. The number of carbonyl (C=O) groups excluding carboxylic acids is 2. The van der Waals surface area contributed by atoms with Gasteiger partial charge in [0.2, 0.25) is 0 Å². The summed E-state index contributed by atoms with van der Waals surface area (Å²) in [7, 11) is -7.74. The van der Waals surface area contributed by atoms with E-state index in [4.69, 9.17) is 41.7 Å². The predicted octanol–water partition coefficient (Wildman–Crippen LogP) is 17.8. The average Bonchev–Trinajstić information content (AvgIpc) is 2.54. The van der Waals surface area contributed by atoms with Gasteiger partial charge in [0.1, 0.15) is 41.9 Å². The van der Waals surface area contributed by atoms with Gasteiger partial charge in [-0.2, -0.15) is 0 Å². The van der Waals surface area contributed by atoms with Crippen molar-refractivity contribution in [2.24, 2.45) is 23.7 Å². The SMILES string of the molecule is C=C(C)[C@H](C)C[C@H]1CC[C@@H]2OC(CCC(/C=C/[C@H](O[Si](C)(C)C(C)(C)C)[C@@H]3O[C@H]4CCC(CC(=O)C[C@@H]5[C@@H](C)[C@@H](C[C@H](C)CC)O[C@H]5CCC)O[C@@H]4[C@H](O[Si](C)(C)C(C)(C)C)[C@@H]3O[Si](C)(C)C(C)(C)C)OC(=O)c3ccccc3)C[C@]2(CI)O1. The largest absolute Gasteiger partial charge is 0.455 e. The van der Waals surface area contributed by atoms with Gasteiger partial charge in [-0.15, -0.1) is 0 Å². The van der Waals surface area contributed by atoms with E-state index >= 15 is 0 Å². The van der Waals surface area contributed by atoms with Crippen LogP contribution in [0, 0.1) is 23.7 Å². The van der Waals surface area contributed by atoms with Gasteiger partial charge < -0.3 is 41.7 Å². The molecule has 11 nitrogen and oxygen atoms in total. The molecule has 18 atom stereocenters. The standard InChI is InChI=1S/C69H119IO11Si3/c1-23-28-56-55(48(7)59(76-56)39-46(5)24-2)42-50(71)41-52-34-36-57-61(74-52)63(80-83(19,20)67(11,12)13)64(81-84(21,22)68(14,15)16)62(77-57)58(79-82(17,18)66(8,9)10)37-33-51(75-65(72)49-29-26-25-27-30-49)31-32-54-43-69(44-70)60(73-54)38-35-53(78-69)40-47(6)45(3)4/h25-27,29-30,33,37,46-48,51-64H,3,23-24,28,31-32,34-36,38-44H2,1-2,4-22H3/b37-33+/t46-,47-,48-,51?,52?,53-,54?,55-,56+,57+,58+,59-,60+,61+,62+,63+,64-,69-/m1/s1. The zero-order valence-corrected chi connectivity index (χ0v) is 61.7. The first-order valence-electron chi connectivity index (χ1n) is 33.0. The van der Waals surface area contributed by atoms with Gasteiger partial charge in [-0.1, -0.05) is 169 Å². The first-order chi connectivity index (χ1) is 38.9. The summed E-state index contributed by atoms with van der Waals surface area (Å²) in [5, 5.41) is -0.445. The third-order valence-corrected chi connectivity index (χ3v) is 36.4. The number of allylic oxidation sites excluding steroid dienone is 1. The molecule has 15 heteroatoms. The second kappa shape index (κ2) is 29.5. The van der Waals surface area contributed by atoms with Crippen LogP contribution in [-0.4, -0.2) is 126 Å². The van der Waals surface area contributed by atoms with Crippen LogP contribution in [0.4, 0.5) is 0 Å². The van der Waals surface area contributed by atoms with Crippen molar-refractivity contribution >= 4 is 59.3 Å². The van der Waals surface area contributed by atoms with Crippen LogP contribution >= 0.6 is 22.6 Å². The fraction of sp³-hybridized carbons (Fsp3) is 0.826. The Bertz CT molecular complexity index is 2310. The summed E-state index contributed by atoms with van der Waals surface area (Å²) in [6.45, 7) is 52.1. The third kappa shape index (κ3) is 18.1. The number of carbonyl (C=O) groups is 2. The van der Waals surface area contributed by atoms with E-state index in [1.807, 2.05) is 30.3 Å². The fourth-order valence-electron chi connectivity index (χ4n) is 12.6. The predicted molar refractivity (Wildman–Crippen MR) is 359 cm³/mol. The van der Waals surface area contributed by atoms with E-state index in [0.29, 0.717) is 61.8 Å². The van der Waals surface area contributed by atoms with Gasteiger partial charge in [-0.25, -0.2) is 4.79 Å². The van der Waals surface area contributed by atoms with E-state index < -0.39 is 61.6 Å². The molecule has 0 amide bonds. The molecule has 1 aromatic carbocycles. The Balaban J connectivity index is 1.37. The molecule has 0 radical (unpaired) electrons. The van der Waals surface area contributed by atoms with Crippen molar-refractivity contribution in [3.8, 4) is 0 Å². The van der Waals surface area contributed by atoms with Crippen LogP contribution in [0.1, 0.15) is 204 Å². The van der Waals surface area contributed by atoms with Crippen LogP contribution in [0.3, 0.4) is 0 Å². The lowest BCUT2D eigenvalue weighted by Gasteiger charge is -2.56. The number of hydrogen-bond acceptors (Lipinski definition) is 11. The highest BCUT2D eigenvalue weighted by Gasteiger charge is 2.59. The summed E-state index contributed by atoms with van der Waals surface area (Å²) in [5.41, 5.74) is 1.34. The molecular weight excluding hydrogens is 1220 g/mol. The maximum Gasteiger partial charge on any atom is 0.338 e. The molecule has 5 saturated heterocycles. The maximum absolute atomic E-state index is 14.5. The van der Waals surface area contributed by atoms with Crippen molar-refractivity contribution in [3.05, 3.63) is 60.2 Å². The molecular formula is C69H119IO11Si3. The topological polar surface area (TPSA) is 117 Å². The van der Waals surface area contributed by atoms with Gasteiger partial charge in [0.25, 0.3) is 0 Å². The molecule has 0 aliphatic carbocycles. The highest BCUT2D eigenvalue weighted by molar-refractivity contribution is 14.1. The minimum Gasteiger partial charge on any atom is -0.455 e. The van der Waals surface area contributed by atoms with Crippen molar-refractivity contribution in [1.29, 1.82) is 0 Å². The minimum absolute atomic E-state index is 0.0200. The molecule has 0 aromatic heterocycles. The minimum atomic E-state index is -2.60. The quantitative estimate of drug-likeness (QED) is 0.0275. The van der Waals surface area contributed by atoms with Crippen LogP contribution < -0.4 is 0 Å². The van der Waals surface area contributed by atoms with Crippen molar-refractivity contribution in [2.75, 3.05) is 4.43 Å². The van der Waals surface area contributed by atoms with Gasteiger partial charge in [-0.05, 0) is 161 Å². The van der Waals surface area contributed by atoms with Gasteiger partial charge in [-0.3, -0.25) is 4.79 Å². The van der Waals surface area contributed by atoms with E-state index in [0.717, 1.165) is 55.8 Å². The number of ketones is 1. The molecule has 480 valence electrons. The smallest absolute Gasteiger partial charge is 0.338 e. The summed E-state index contributed by atoms with van der Waals surface area (Å²) in [6, 6.07) is 9.28. The van der Waals surface area contributed by atoms with Crippen molar-refractivity contribution in [2.45, 2.75) is 333 Å². The highest BCUT2D eigenvalue weighted by Crippen LogP contribution is 2.49. The number of esters is 1. The Morgan fingerprint density at radius 3 is 1.95 bits per heavy atom. The normalized spacial score (nSPS) is 32.4. The van der Waals surface area contributed by atoms with Gasteiger partial charge >= 0.3 is 5.97 Å². The highest BCUT2D eigenvalue weighted by atomic mass is 127. The average molecular weight is 1340 g/mol. The number of hydrogen-bond donors (Lipinski definition) is 0. The number of fused-ring (bicyclic) bond motifs is 2. The Morgan fingerprint density at radius 1 is 0.750 bits per heavy atom. The second-order valence-electron chi connectivity index (χ2n) is 31.4. The first-order valence-corrected chi connectivity index (χ1v) is 43.2.